The van der Waals surface area contributed by atoms with Crippen LogP contribution in [0.3, 0.4) is 0 Å². The van der Waals surface area contributed by atoms with E-state index in [4.69, 9.17) is 4.74 Å². The summed E-state index contributed by atoms with van der Waals surface area (Å²) in [6.45, 7) is 10.5. The van der Waals surface area contributed by atoms with Gasteiger partial charge in [0.2, 0.25) is 0 Å². The number of nitrogens with zero attached hydrogens (tertiary/aromatic N) is 1. The van der Waals surface area contributed by atoms with Gasteiger partial charge in [0, 0.05) is 30.5 Å². The van der Waals surface area contributed by atoms with Gasteiger partial charge in [-0.1, -0.05) is 6.92 Å². The number of aromatic nitrogens is 1. The van der Waals surface area contributed by atoms with E-state index in [2.05, 4.69) is 25.2 Å². The van der Waals surface area contributed by atoms with Gasteiger partial charge in [-0.2, -0.15) is 0 Å². The molecule has 1 fully saturated rings. The number of ether oxygens (including phenoxy) is 1. The minimum absolute atomic E-state index is 0.138. The van der Waals surface area contributed by atoms with Gasteiger partial charge in [-0.05, 0) is 51.7 Å². The van der Waals surface area contributed by atoms with Crippen molar-refractivity contribution in [2.24, 2.45) is 0 Å². The Hall–Kier alpha value is -1.13. The Morgan fingerprint density at radius 1 is 1.48 bits per heavy atom. The number of nitrogens with one attached hydrogen (secondary N) is 1. The van der Waals surface area contributed by atoms with Crippen LogP contribution in [0.2, 0.25) is 0 Å². The number of pyridine rings is 1. The molecule has 0 aliphatic carbocycles. The van der Waals surface area contributed by atoms with Gasteiger partial charge in [-0.15, -0.1) is 0 Å². The van der Waals surface area contributed by atoms with Crippen LogP contribution >= 0.6 is 0 Å². The van der Waals surface area contributed by atoms with Crippen molar-refractivity contribution in [1.29, 1.82) is 0 Å². The minimum Gasteiger partial charge on any atom is -0.376 e. The van der Waals surface area contributed by atoms with E-state index >= 15 is 0 Å². The molecule has 1 aromatic rings. The molecule has 0 aromatic carbocycles. The van der Waals surface area contributed by atoms with Crippen LogP contribution in [0.4, 0.5) is 0 Å². The average molecular weight is 292 g/mol. The Kier molecular flexibility index (Phi) is 5.59. The highest BCUT2D eigenvalue weighted by atomic mass is 16.5. The van der Waals surface area contributed by atoms with E-state index in [1.807, 2.05) is 18.4 Å². The first kappa shape index (κ1) is 16.2. The van der Waals surface area contributed by atoms with Gasteiger partial charge in [0.05, 0.1) is 12.6 Å². The van der Waals surface area contributed by atoms with Crippen molar-refractivity contribution in [3.8, 4) is 0 Å². The van der Waals surface area contributed by atoms with Crippen LogP contribution in [0.15, 0.2) is 10.9 Å². The number of rotatable bonds is 6. The third-order valence-electron chi connectivity index (χ3n) is 4.48. The lowest BCUT2D eigenvalue weighted by atomic mass is 10.1. The molecule has 1 aliphatic rings. The van der Waals surface area contributed by atoms with Gasteiger partial charge in [-0.25, -0.2) is 0 Å². The molecule has 2 atom stereocenters. The lowest BCUT2D eigenvalue weighted by Crippen LogP contribution is -2.34. The van der Waals surface area contributed by atoms with Crippen LogP contribution in [0.5, 0.6) is 0 Å². The van der Waals surface area contributed by atoms with E-state index in [0.29, 0.717) is 19.1 Å². The summed E-state index contributed by atoms with van der Waals surface area (Å²) >= 11 is 0. The molecular formula is C17H28N2O2. The number of hydrogen-bond acceptors (Lipinski definition) is 3. The van der Waals surface area contributed by atoms with Gasteiger partial charge >= 0.3 is 0 Å². The molecule has 0 spiro atoms. The molecule has 2 heterocycles. The number of hydrogen-bond donors (Lipinski definition) is 1. The van der Waals surface area contributed by atoms with Gasteiger partial charge in [-0.3, -0.25) is 4.79 Å². The topological polar surface area (TPSA) is 43.3 Å². The van der Waals surface area contributed by atoms with Gasteiger partial charge < -0.3 is 14.6 Å². The summed E-state index contributed by atoms with van der Waals surface area (Å²) in [5.41, 5.74) is 3.13. The molecule has 0 amide bonds. The SMILES string of the molecule is CCC(C)NCc1c(C)cc(C)n(CC2CCCO2)c1=O. The molecular weight excluding hydrogens is 264 g/mol. The summed E-state index contributed by atoms with van der Waals surface area (Å²) in [5, 5.41) is 3.43. The maximum Gasteiger partial charge on any atom is 0.255 e. The molecule has 0 bridgehead atoms. The normalized spacial score (nSPS) is 19.9. The molecule has 1 saturated heterocycles. The fraction of sp³-hybridized carbons (Fsp3) is 0.706. The quantitative estimate of drug-likeness (QED) is 0.876. The van der Waals surface area contributed by atoms with Crippen LogP contribution in [0.1, 0.15) is 49.9 Å². The summed E-state index contributed by atoms with van der Waals surface area (Å²) in [5.74, 6) is 0. The minimum atomic E-state index is 0.138. The van der Waals surface area contributed by atoms with Crippen molar-refractivity contribution < 1.29 is 4.74 Å². The Bertz CT molecular complexity index is 530. The highest BCUT2D eigenvalue weighted by molar-refractivity contribution is 5.26. The van der Waals surface area contributed by atoms with Crippen molar-refractivity contribution in [3.05, 3.63) is 33.2 Å². The molecule has 0 saturated carbocycles. The maximum absolute atomic E-state index is 12.8. The fourth-order valence-corrected chi connectivity index (χ4v) is 2.82. The van der Waals surface area contributed by atoms with Crippen molar-refractivity contribution in [1.82, 2.24) is 9.88 Å². The second kappa shape index (κ2) is 7.23. The molecule has 1 aliphatic heterocycles. The summed E-state index contributed by atoms with van der Waals surface area (Å²) in [6.07, 6.45) is 3.42. The van der Waals surface area contributed by atoms with E-state index in [-0.39, 0.29) is 11.7 Å². The van der Waals surface area contributed by atoms with Crippen molar-refractivity contribution in [2.75, 3.05) is 6.61 Å². The van der Waals surface area contributed by atoms with Crippen LogP contribution in [0, 0.1) is 13.8 Å². The molecule has 4 nitrogen and oxygen atoms in total. The molecule has 4 heteroatoms. The van der Waals surface area contributed by atoms with Crippen LogP contribution in [0.25, 0.3) is 0 Å². The first-order valence-corrected chi connectivity index (χ1v) is 8.07. The van der Waals surface area contributed by atoms with E-state index in [0.717, 1.165) is 42.7 Å². The van der Waals surface area contributed by atoms with E-state index < -0.39 is 0 Å². The first-order chi connectivity index (χ1) is 10.0. The number of aryl methyl sites for hydroxylation is 2. The summed E-state index contributed by atoms with van der Waals surface area (Å²) in [6, 6.07) is 2.54. The standard InChI is InChI=1S/C17H28N2O2/c1-5-13(3)18-10-16-12(2)9-14(4)19(17(16)20)11-15-7-6-8-21-15/h9,13,15,18H,5-8,10-11H2,1-4H3. The van der Waals surface area contributed by atoms with Crippen molar-refractivity contribution >= 4 is 0 Å². The van der Waals surface area contributed by atoms with Crippen LogP contribution in [-0.4, -0.2) is 23.3 Å². The predicted molar refractivity (Wildman–Crippen MR) is 85.7 cm³/mol. The predicted octanol–water partition coefficient (Wildman–Crippen LogP) is 2.53. The van der Waals surface area contributed by atoms with Crippen molar-refractivity contribution in [2.45, 2.75) is 72.2 Å². The van der Waals surface area contributed by atoms with Crippen LogP contribution < -0.4 is 10.9 Å². The van der Waals surface area contributed by atoms with E-state index in [1.165, 1.54) is 0 Å². The lowest BCUT2D eigenvalue weighted by Gasteiger charge is -2.19. The highest BCUT2D eigenvalue weighted by Gasteiger charge is 2.19. The summed E-state index contributed by atoms with van der Waals surface area (Å²) in [4.78, 5) is 12.8. The Morgan fingerprint density at radius 3 is 2.86 bits per heavy atom. The largest absolute Gasteiger partial charge is 0.376 e. The molecule has 1 N–H and O–H groups in total. The second-order valence-corrected chi connectivity index (χ2v) is 6.19. The van der Waals surface area contributed by atoms with Crippen LogP contribution in [-0.2, 0) is 17.8 Å². The molecule has 2 rings (SSSR count). The van der Waals surface area contributed by atoms with Gasteiger partial charge in [0.25, 0.3) is 5.56 Å². The third-order valence-corrected chi connectivity index (χ3v) is 4.48. The molecule has 118 valence electrons. The first-order valence-electron chi connectivity index (χ1n) is 8.07. The Labute approximate surface area is 127 Å². The van der Waals surface area contributed by atoms with E-state index in [1.54, 1.807) is 0 Å². The second-order valence-electron chi connectivity index (χ2n) is 6.19. The third kappa shape index (κ3) is 3.95. The molecule has 1 aromatic heterocycles. The maximum atomic E-state index is 12.8. The van der Waals surface area contributed by atoms with Crippen molar-refractivity contribution in [3.63, 3.8) is 0 Å². The smallest absolute Gasteiger partial charge is 0.255 e. The van der Waals surface area contributed by atoms with Gasteiger partial charge in [0.15, 0.2) is 0 Å². The zero-order valence-corrected chi connectivity index (χ0v) is 13.7. The fourth-order valence-electron chi connectivity index (χ4n) is 2.82. The Morgan fingerprint density at radius 2 is 2.24 bits per heavy atom. The monoisotopic (exact) mass is 292 g/mol. The van der Waals surface area contributed by atoms with E-state index in [9.17, 15) is 4.79 Å². The summed E-state index contributed by atoms with van der Waals surface area (Å²) in [7, 11) is 0. The molecule has 0 radical (unpaired) electrons. The highest BCUT2D eigenvalue weighted by Crippen LogP contribution is 2.15. The summed E-state index contributed by atoms with van der Waals surface area (Å²) < 4.78 is 7.56. The Balaban J connectivity index is 2.22. The van der Waals surface area contributed by atoms with Gasteiger partial charge in [0.1, 0.15) is 0 Å². The lowest BCUT2D eigenvalue weighted by molar-refractivity contribution is 0.0955. The zero-order valence-electron chi connectivity index (χ0n) is 13.7. The average Bonchev–Trinajstić information content (AvgIpc) is 2.95. The molecule has 2 unspecified atom stereocenters. The molecule has 21 heavy (non-hydrogen) atoms. The zero-order chi connectivity index (χ0) is 15.4.